The Bertz CT molecular complexity index is 346. The van der Waals surface area contributed by atoms with E-state index in [0.29, 0.717) is 13.1 Å². The number of likely N-dealkylation sites (tertiary alicyclic amines) is 2. The number of carbonyl (C=O) groups is 2. The molecule has 2 aliphatic rings. The van der Waals surface area contributed by atoms with Crippen LogP contribution < -0.4 is 5.73 Å². The molecule has 1 spiro atoms. The second-order valence-electron chi connectivity index (χ2n) is 5.62. The van der Waals surface area contributed by atoms with E-state index in [9.17, 15) is 9.59 Å². The van der Waals surface area contributed by atoms with Crippen molar-refractivity contribution in [3.05, 3.63) is 0 Å². The molecule has 0 aromatic heterocycles. The zero-order valence-corrected chi connectivity index (χ0v) is 10.8. The summed E-state index contributed by atoms with van der Waals surface area (Å²) >= 11 is 0. The van der Waals surface area contributed by atoms with Crippen molar-refractivity contribution in [2.45, 2.75) is 33.4 Å². The molecule has 2 N–H and O–H groups in total. The Morgan fingerprint density at radius 2 is 1.94 bits per heavy atom. The first-order chi connectivity index (χ1) is 7.87. The predicted octanol–water partition coefficient (Wildman–Crippen LogP) is 0.00800. The second-order valence-corrected chi connectivity index (χ2v) is 5.62. The standard InChI is InChI=1S/C12H21N3O2/c1-8(2)10(16)14-6-12(7-14)4-5-15(9(3)13)11(12)17/h8-9H,4-7,13H2,1-3H3. The van der Waals surface area contributed by atoms with E-state index < -0.39 is 0 Å². The van der Waals surface area contributed by atoms with Gasteiger partial charge in [0.05, 0.1) is 11.6 Å². The van der Waals surface area contributed by atoms with Crippen molar-refractivity contribution in [2.24, 2.45) is 17.1 Å². The molecule has 2 saturated heterocycles. The van der Waals surface area contributed by atoms with Gasteiger partial charge in [0, 0.05) is 25.6 Å². The number of nitrogens with two attached hydrogens (primary N) is 1. The van der Waals surface area contributed by atoms with Gasteiger partial charge in [-0.25, -0.2) is 0 Å². The summed E-state index contributed by atoms with van der Waals surface area (Å²) in [4.78, 5) is 27.5. The van der Waals surface area contributed by atoms with Crippen LogP contribution in [-0.4, -0.2) is 47.4 Å². The fourth-order valence-electron chi connectivity index (χ4n) is 2.73. The van der Waals surface area contributed by atoms with Crippen molar-refractivity contribution in [1.29, 1.82) is 0 Å². The highest BCUT2D eigenvalue weighted by molar-refractivity contribution is 5.90. The van der Waals surface area contributed by atoms with Gasteiger partial charge in [-0.05, 0) is 13.3 Å². The maximum atomic E-state index is 12.2. The van der Waals surface area contributed by atoms with Gasteiger partial charge in [-0.2, -0.15) is 0 Å². The van der Waals surface area contributed by atoms with E-state index in [2.05, 4.69) is 0 Å². The molecule has 1 atom stereocenters. The molecular weight excluding hydrogens is 218 g/mol. The third-order valence-corrected chi connectivity index (χ3v) is 3.83. The predicted molar refractivity (Wildman–Crippen MR) is 63.8 cm³/mol. The smallest absolute Gasteiger partial charge is 0.233 e. The lowest BCUT2D eigenvalue weighted by Gasteiger charge is -2.47. The van der Waals surface area contributed by atoms with Crippen molar-refractivity contribution in [3.8, 4) is 0 Å². The number of rotatable bonds is 2. The lowest BCUT2D eigenvalue weighted by atomic mass is 9.78. The summed E-state index contributed by atoms with van der Waals surface area (Å²) in [6, 6.07) is 0. The SMILES string of the molecule is CC(C)C(=O)N1CC2(CCN(C(C)N)C2=O)C1. The Morgan fingerprint density at radius 3 is 2.35 bits per heavy atom. The van der Waals surface area contributed by atoms with Crippen LogP contribution in [0.1, 0.15) is 27.2 Å². The molecule has 5 heteroatoms. The third kappa shape index (κ3) is 1.82. The van der Waals surface area contributed by atoms with Crippen LogP contribution in [0.25, 0.3) is 0 Å². The van der Waals surface area contributed by atoms with Gasteiger partial charge in [0.25, 0.3) is 0 Å². The maximum Gasteiger partial charge on any atom is 0.233 e. The Kier molecular flexibility index (Phi) is 2.89. The summed E-state index contributed by atoms with van der Waals surface area (Å²) < 4.78 is 0. The monoisotopic (exact) mass is 239 g/mol. The van der Waals surface area contributed by atoms with Gasteiger partial charge < -0.3 is 15.5 Å². The van der Waals surface area contributed by atoms with Crippen LogP contribution in [-0.2, 0) is 9.59 Å². The average Bonchev–Trinajstić information content (AvgIpc) is 2.52. The highest BCUT2D eigenvalue weighted by Crippen LogP contribution is 2.41. The fourth-order valence-corrected chi connectivity index (χ4v) is 2.73. The molecule has 0 radical (unpaired) electrons. The summed E-state index contributed by atoms with van der Waals surface area (Å²) in [5, 5.41) is 0. The van der Waals surface area contributed by atoms with E-state index in [1.54, 1.807) is 9.80 Å². The number of carbonyl (C=O) groups excluding carboxylic acids is 2. The minimum Gasteiger partial charge on any atom is -0.340 e. The molecule has 5 nitrogen and oxygen atoms in total. The molecule has 1 unspecified atom stereocenters. The molecule has 0 aliphatic carbocycles. The van der Waals surface area contributed by atoms with E-state index in [4.69, 9.17) is 5.73 Å². The first-order valence-corrected chi connectivity index (χ1v) is 6.23. The minimum absolute atomic E-state index is 0.00777. The summed E-state index contributed by atoms with van der Waals surface area (Å²) in [7, 11) is 0. The third-order valence-electron chi connectivity index (χ3n) is 3.83. The Labute approximate surface area is 102 Å². The van der Waals surface area contributed by atoms with Crippen molar-refractivity contribution in [1.82, 2.24) is 9.80 Å². The zero-order chi connectivity index (χ0) is 12.8. The quantitative estimate of drug-likeness (QED) is 0.738. The van der Waals surface area contributed by atoms with Crippen LogP contribution in [0.4, 0.5) is 0 Å². The van der Waals surface area contributed by atoms with Crippen LogP contribution in [0.2, 0.25) is 0 Å². The lowest BCUT2D eigenvalue weighted by Crippen LogP contribution is -2.63. The average molecular weight is 239 g/mol. The van der Waals surface area contributed by atoms with Gasteiger partial charge in [-0.1, -0.05) is 13.8 Å². The Morgan fingerprint density at radius 1 is 1.35 bits per heavy atom. The second kappa shape index (κ2) is 3.98. The molecule has 2 amide bonds. The van der Waals surface area contributed by atoms with Crippen molar-refractivity contribution in [3.63, 3.8) is 0 Å². The van der Waals surface area contributed by atoms with Gasteiger partial charge in [0.1, 0.15) is 0 Å². The summed E-state index contributed by atoms with van der Waals surface area (Å²) in [5.41, 5.74) is 5.43. The molecule has 0 saturated carbocycles. The number of amides is 2. The topological polar surface area (TPSA) is 66.6 Å². The van der Waals surface area contributed by atoms with Gasteiger partial charge in [-0.3, -0.25) is 9.59 Å². The lowest BCUT2D eigenvalue weighted by molar-refractivity contribution is -0.156. The van der Waals surface area contributed by atoms with Crippen LogP contribution in [0, 0.1) is 11.3 Å². The van der Waals surface area contributed by atoms with Gasteiger partial charge in [0.15, 0.2) is 0 Å². The molecule has 0 aromatic carbocycles. The van der Waals surface area contributed by atoms with Gasteiger partial charge in [-0.15, -0.1) is 0 Å². The largest absolute Gasteiger partial charge is 0.340 e. The zero-order valence-electron chi connectivity index (χ0n) is 10.8. The Balaban J connectivity index is 1.99. The number of nitrogens with zero attached hydrogens (tertiary/aromatic N) is 2. The van der Waals surface area contributed by atoms with Gasteiger partial charge >= 0.3 is 0 Å². The summed E-state index contributed by atoms with van der Waals surface area (Å²) in [6.45, 7) is 7.47. The molecule has 2 rings (SSSR count). The van der Waals surface area contributed by atoms with E-state index in [-0.39, 0.29) is 29.3 Å². The van der Waals surface area contributed by atoms with E-state index >= 15 is 0 Å². The van der Waals surface area contributed by atoms with Crippen LogP contribution in [0.3, 0.4) is 0 Å². The van der Waals surface area contributed by atoms with Crippen LogP contribution >= 0.6 is 0 Å². The molecule has 0 aromatic rings. The molecule has 96 valence electrons. The minimum atomic E-state index is -0.321. The molecule has 2 heterocycles. The molecule has 2 fully saturated rings. The number of hydrogen-bond donors (Lipinski definition) is 1. The molecular formula is C12H21N3O2. The fraction of sp³-hybridized carbons (Fsp3) is 0.833. The molecule has 0 bridgehead atoms. The highest BCUT2D eigenvalue weighted by Gasteiger charge is 2.56. The normalized spacial score (nSPS) is 24.4. The summed E-state index contributed by atoms with van der Waals surface area (Å²) in [6.07, 6.45) is 0.603. The Hall–Kier alpha value is -1.10. The molecule has 17 heavy (non-hydrogen) atoms. The first kappa shape index (κ1) is 12.4. The van der Waals surface area contributed by atoms with E-state index in [0.717, 1.165) is 13.0 Å². The van der Waals surface area contributed by atoms with E-state index in [1.807, 2.05) is 20.8 Å². The van der Waals surface area contributed by atoms with Crippen LogP contribution in [0.15, 0.2) is 0 Å². The van der Waals surface area contributed by atoms with Crippen molar-refractivity contribution < 1.29 is 9.59 Å². The van der Waals surface area contributed by atoms with E-state index in [1.165, 1.54) is 0 Å². The van der Waals surface area contributed by atoms with Crippen molar-refractivity contribution >= 4 is 11.8 Å². The van der Waals surface area contributed by atoms with Crippen molar-refractivity contribution in [2.75, 3.05) is 19.6 Å². The molecule has 2 aliphatic heterocycles. The van der Waals surface area contributed by atoms with Crippen LogP contribution in [0.5, 0.6) is 0 Å². The number of hydrogen-bond acceptors (Lipinski definition) is 3. The first-order valence-electron chi connectivity index (χ1n) is 6.23. The van der Waals surface area contributed by atoms with Gasteiger partial charge in [0.2, 0.25) is 11.8 Å². The summed E-state index contributed by atoms with van der Waals surface area (Å²) in [5.74, 6) is 0.274. The maximum absolute atomic E-state index is 12.2. The highest BCUT2D eigenvalue weighted by atomic mass is 16.2.